The van der Waals surface area contributed by atoms with Crippen molar-refractivity contribution in [3.8, 4) is 0 Å². The van der Waals surface area contributed by atoms with Crippen LogP contribution < -0.4 is 0 Å². The summed E-state index contributed by atoms with van der Waals surface area (Å²) in [5, 5.41) is 9.18. The van der Waals surface area contributed by atoms with Gasteiger partial charge in [0.2, 0.25) is 0 Å². The zero-order valence-electron chi connectivity index (χ0n) is 9.91. The zero-order valence-corrected chi connectivity index (χ0v) is 9.91. The SMILES string of the molecule is O=C(C=Cc1ccccc1)c1ccccc1CO. The zero-order chi connectivity index (χ0) is 12.8. The molecule has 0 aromatic heterocycles. The van der Waals surface area contributed by atoms with Gasteiger partial charge in [-0.1, -0.05) is 60.7 Å². The molecule has 1 N–H and O–H groups in total. The molecule has 2 aromatic rings. The van der Waals surface area contributed by atoms with Crippen molar-refractivity contribution < 1.29 is 9.90 Å². The Labute approximate surface area is 106 Å². The lowest BCUT2D eigenvalue weighted by atomic mass is 10.0. The Kier molecular flexibility index (Phi) is 4.05. The molecule has 0 aliphatic carbocycles. The van der Waals surface area contributed by atoms with E-state index in [0.717, 1.165) is 5.56 Å². The molecule has 0 radical (unpaired) electrons. The van der Waals surface area contributed by atoms with E-state index in [4.69, 9.17) is 0 Å². The number of hydrogen-bond donors (Lipinski definition) is 1. The third-order valence-electron chi connectivity index (χ3n) is 2.68. The van der Waals surface area contributed by atoms with Gasteiger partial charge in [0, 0.05) is 5.56 Å². The lowest BCUT2D eigenvalue weighted by Crippen LogP contribution is -2.00. The first-order chi connectivity index (χ1) is 8.81. The molecule has 0 atom stereocenters. The van der Waals surface area contributed by atoms with Gasteiger partial charge in [0.1, 0.15) is 0 Å². The molecule has 0 bridgehead atoms. The number of rotatable bonds is 4. The van der Waals surface area contributed by atoms with Crippen molar-refractivity contribution in [2.45, 2.75) is 6.61 Å². The minimum absolute atomic E-state index is 0.0940. The van der Waals surface area contributed by atoms with Gasteiger partial charge in [0.05, 0.1) is 6.61 Å². The van der Waals surface area contributed by atoms with E-state index < -0.39 is 0 Å². The summed E-state index contributed by atoms with van der Waals surface area (Å²) in [6, 6.07) is 16.7. The molecule has 0 spiro atoms. The van der Waals surface area contributed by atoms with Crippen LogP contribution in [0.1, 0.15) is 21.5 Å². The first-order valence-electron chi connectivity index (χ1n) is 5.77. The lowest BCUT2D eigenvalue weighted by Gasteiger charge is -2.02. The summed E-state index contributed by atoms with van der Waals surface area (Å²) in [4.78, 5) is 12.0. The van der Waals surface area contributed by atoms with Crippen LogP contribution in [0.2, 0.25) is 0 Å². The number of carbonyl (C=O) groups is 1. The molecular formula is C16H14O2. The van der Waals surface area contributed by atoms with Crippen molar-refractivity contribution in [1.29, 1.82) is 0 Å². The summed E-state index contributed by atoms with van der Waals surface area (Å²) < 4.78 is 0. The van der Waals surface area contributed by atoms with Crippen LogP contribution in [0.3, 0.4) is 0 Å². The van der Waals surface area contributed by atoms with E-state index in [9.17, 15) is 9.90 Å². The summed E-state index contributed by atoms with van der Waals surface area (Å²) >= 11 is 0. The number of aliphatic hydroxyl groups is 1. The van der Waals surface area contributed by atoms with Crippen molar-refractivity contribution in [2.24, 2.45) is 0 Å². The molecule has 2 rings (SSSR count). The Bertz CT molecular complexity index is 556. The fourth-order valence-electron chi connectivity index (χ4n) is 1.72. The lowest BCUT2D eigenvalue weighted by molar-refractivity contribution is 0.104. The second-order valence-electron chi connectivity index (χ2n) is 3.92. The third kappa shape index (κ3) is 2.93. The van der Waals surface area contributed by atoms with Gasteiger partial charge in [-0.15, -0.1) is 0 Å². The van der Waals surface area contributed by atoms with Crippen LogP contribution >= 0.6 is 0 Å². The molecule has 0 aliphatic rings. The van der Waals surface area contributed by atoms with Gasteiger partial charge in [-0.3, -0.25) is 4.79 Å². The number of carbonyl (C=O) groups excluding carboxylic acids is 1. The van der Waals surface area contributed by atoms with Gasteiger partial charge in [-0.2, -0.15) is 0 Å². The van der Waals surface area contributed by atoms with Crippen molar-refractivity contribution in [3.05, 3.63) is 77.4 Å². The minimum atomic E-state index is -0.124. The number of ketones is 1. The first kappa shape index (κ1) is 12.3. The smallest absolute Gasteiger partial charge is 0.186 e. The van der Waals surface area contributed by atoms with Gasteiger partial charge < -0.3 is 5.11 Å². The molecule has 0 heterocycles. The predicted molar refractivity (Wildman–Crippen MR) is 72.2 cm³/mol. The second-order valence-corrected chi connectivity index (χ2v) is 3.92. The topological polar surface area (TPSA) is 37.3 Å². The van der Waals surface area contributed by atoms with Gasteiger partial charge >= 0.3 is 0 Å². The number of benzene rings is 2. The van der Waals surface area contributed by atoms with Crippen LogP contribution in [0.5, 0.6) is 0 Å². The molecule has 0 amide bonds. The van der Waals surface area contributed by atoms with E-state index in [-0.39, 0.29) is 12.4 Å². The summed E-state index contributed by atoms with van der Waals surface area (Å²) in [6.07, 6.45) is 3.31. The molecule has 0 unspecified atom stereocenters. The summed E-state index contributed by atoms with van der Waals surface area (Å²) in [5.74, 6) is -0.0940. The highest BCUT2D eigenvalue weighted by Crippen LogP contribution is 2.11. The molecule has 0 fully saturated rings. The normalized spacial score (nSPS) is 10.7. The summed E-state index contributed by atoms with van der Waals surface area (Å²) in [7, 11) is 0. The highest BCUT2D eigenvalue weighted by Gasteiger charge is 2.06. The average molecular weight is 238 g/mol. The Balaban J connectivity index is 2.20. The van der Waals surface area contributed by atoms with Crippen LogP contribution in [-0.4, -0.2) is 10.9 Å². The Morgan fingerprint density at radius 1 is 1.00 bits per heavy atom. The number of aliphatic hydroxyl groups excluding tert-OH is 1. The third-order valence-corrected chi connectivity index (χ3v) is 2.68. The second kappa shape index (κ2) is 5.94. The Morgan fingerprint density at radius 3 is 2.39 bits per heavy atom. The van der Waals surface area contributed by atoms with E-state index in [1.165, 1.54) is 6.08 Å². The minimum Gasteiger partial charge on any atom is -0.392 e. The largest absolute Gasteiger partial charge is 0.392 e. The van der Waals surface area contributed by atoms with Crippen LogP contribution in [0.25, 0.3) is 6.08 Å². The van der Waals surface area contributed by atoms with Crippen molar-refractivity contribution in [2.75, 3.05) is 0 Å². The van der Waals surface area contributed by atoms with Gasteiger partial charge in [0.15, 0.2) is 5.78 Å². The molecule has 90 valence electrons. The Morgan fingerprint density at radius 2 is 1.67 bits per heavy atom. The molecule has 0 aliphatic heterocycles. The highest BCUT2D eigenvalue weighted by atomic mass is 16.3. The molecule has 2 heteroatoms. The fraction of sp³-hybridized carbons (Fsp3) is 0.0625. The van der Waals surface area contributed by atoms with E-state index in [0.29, 0.717) is 11.1 Å². The van der Waals surface area contributed by atoms with E-state index in [2.05, 4.69) is 0 Å². The fourth-order valence-corrected chi connectivity index (χ4v) is 1.72. The highest BCUT2D eigenvalue weighted by molar-refractivity contribution is 6.07. The predicted octanol–water partition coefficient (Wildman–Crippen LogP) is 3.08. The van der Waals surface area contributed by atoms with Crippen LogP contribution in [0, 0.1) is 0 Å². The van der Waals surface area contributed by atoms with Crippen molar-refractivity contribution in [3.63, 3.8) is 0 Å². The van der Waals surface area contributed by atoms with E-state index >= 15 is 0 Å². The maximum absolute atomic E-state index is 12.0. The van der Waals surface area contributed by atoms with E-state index in [1.54, 1.807) is 24.3 Å². The van der Waals surface area contributed by atoms with Crippen LogP contribution in [-0.2, 0) is 6.61 Å². The molecule has 18 heavy (non-hydrogen) atoms. The van der Waals surface area contributed by atoms with Crippen molar-refractivity contribution >= 4 is 11.9 Å². The van der Waals surface area contributed by atoms with Crippen molar-refractivity contribution in [1.82, 2.24) is 0 Å². The standard InChI is InChI=1S/C16H14O2/c17-12-14-8-4-5-9-15(14)16(18)11-10-13-6-2-1-3-7-13/h1-11,17H,12H2. The summed E-state index contributed by atoms with van der Waals surface area (Å²) in [5.41, 5.74) is 2.18. The molecule has 2 nitrogen and oxygen atoms in total. The average Bonchev–Trinajstić information content (AvgIpc) is 2.45. The maximum Gasteiger partial charge on any atom is 0.186 e. The van der Waals surface area contributed by atoms with Gasteiger partial charge in [-0.25, -0.2) is 0 Å². The number of hydrogen-bond acceptors (Lipinski definition) is 2. The maximum atomic E-state index is 12.0. The van der Waals surface area contributed by atoms with Gasteiger partial charge in [0.25, 0.3) is 0 Å². The van der Waals surface area contributed by atoms with E-state index in [1.807, 2.05) is 36.4 Å². The summed E-state index contributed by atoms with van der Waals surface area (Å²) in [6.45, 7) is -0.124. The molecule has 0 saturated carbocycles. The van der Waals surface area contributed by atoms with Crippen LogP contribution in [0.4, 0.5) is 0 Å². The van der Waals surface area contributed by atoms with Crippen LogP contribution in [0.15, 0.2) is 60.7 Å². The molecular weight excluding hydrogens is 224 g/mol. The number of allylic oxidation sites excluding steroid dienone is 1. The molecule has 0 saturated heterocycles. The monoisotopic (exact) mass is 238 g/mol. The Hall–Kier alpha value is -2.19. The quantitative estimate of drug-likeness (QED) is 0.656. The first-order valence-corrected chi connectivity index (χ1v) is 5.77. The van der Waals surface area contributed by atoms with Gasteiger partial charge in [-0.05, 0) is 17.2 Å². The molecule has 2 aromatic carbocycles.